The van der Waals surface area contributed by atoms with Crippen LogP contribution in [0.2, 0.25) is 17.1 Å². The Labute approximate surface area is 142 Å². The molecule has 0 radical (unpaired) electrons. The summed E-state index contributed by atoms with van der Waals surface area (Å²) in [6.07, 6.45) is 6.31. The molecule has 0 saturated carbocycles. The fourth-order valence-corrected chi connectivity index (χ4v) is 5.15. The molecule has 1 rings (SSSR count). The van der Waals surface area contributed by atoms with Crippen LogP contribution < -0.4 is 4.43 Å². The van der Waals surface area contributed by atoms with Crippen LogP contribution in [0.25, 0.3) is 0 Å². The van der Waals surface area contributed by atoms with E-state index in [2.05, 4.69) is 20.8 Å². The van der Waals surface area contributed by atoms with Gasteiger partial charge in [0.1, 0.15) is 5.75 Å². The molecule has 22 heavy (non-hydrogen) atoms. The zero-order valence-corrected chi connectivity index (χ0v) is 16.3. The fourth-order valence-electron chi connectivity index (χ4n) is 2.52. The van der Waals surface area contributed by atoms with Crippen LogP contribution in [0.5, 0.6) is 5.75 Å². The largest absolute Gasteiger partial charge is 0.520 e. The summed E-state index contributed by atoms with van der Waals surface area (Å²) >= 11 is 6.02. The smallest absolute Gasteiger partial charge is 0.398 e. The molecule has 0 N–H and O–H groups in total. The first-order valence-corrected chi connectivity index (χ1v) is 11.3. The molecular weight excluding hydrogens is 312 g/mol. The lowest BCUT2D eigenvalue weighted by Crippen LogP contribution is -2.44. The van der Waals surface area contributed by atoms with Crippen molar-refractivity contribution >= 4 is 20.2 Å². The molecule has 1 aromatic carbocycles. The molecule has 2 nitrogen and oxygen atoms in total. The van der Waals surface area contributed by atoms with Crippen molar-refractivity contribution in [1.82, 2.24) is 0 Å². The van der Waals surface area contributed by atoms with E-state index in [0.717, 1.165) is 41.5 Å². The van der Waals surface area contributed by atoms with Crippen LogP contribution in [0.15, 0.2) is 18.2 Å². The summed E-state index contributed by atoms with van der Waals surface area (Å²) in [4.78, 5) is 0. The van der Waals surface area contributed by atoms with Gasteiger partial charge >= 0.3 is 8.56 Å². The number of benzene rings is 1. The summed E-state index contributed by atoms with van der Waals surface area (Å²) < 4.78 is 12.7. The van der Waals surface area contributed by atoms with E-state index in [9.17, 15) is 0 Å². The van der Waals surface area contributed by atoms with Gasteiger partial charge in [-0.3, -0.25) is 0 Å². The lowest BCUT2D eigenvalue weighted by molar-refractivity contribution is 0.230. The van der Waals surface area contributed by atoms with Gasteiger partial charge in [0, 0.05) is 11.6 Å². The maximum atomic E-state index is 6.37. The van der Waals surface area contributed by atoms with E-state index in [1.54, 1.807) is 0 Å². The van der Waals surface area contributed by atoms with Crippen LogP contribution in [0.4, 0.5) is 0 Å². The molecule has 0 spiro atoms. The van der Waals surface area contributed by atoms with Crippen molar-refractivity contribution < 1.29 is 8.85 Å². The first-order chi connectivity index (χ1) is 10.6. The lowest BCUT2D eigenvalue weighted by Gasteiger charge is -2.30. The van der Waals surface area contributed by atoms with Gasteiger partial charge in [-0.1, -0.05) is 58.1 Å². The van der Waals surface area contributed by atoms with E-state index in [4.69, 9.17) is 20.5 Å². The molecule has 0 aliphatic rings. The molecule has 0 fully saturated rings. The second kappa shape index (κ2) is 10.3. The second-order valence-corrected chi connectivity index (χ2v) is 10.1. The van der Waals surface area contributed by atoms with E-state index in [1.807, 2.05) is 25.1 Å². The summed E-state index contributed by atoms with van der Waals surface area (Å²) in [7, 11) is -2.14. The Bertz CT molecular complexity index is 433. The third-order valence-corrected chi connectivity index (χ3v) is 7.84. The Morgan fingerprint density at radius 1 is 1.00 bits per heavy atom. The predicted octanol–water partition coefficient (Wildman–Crippen LogP) is 6.50. The molecule has 0 amide bonds. The Morgan fingerprint density at radius 3 is 2.27 bits per heavy atom. The number of halogens is 1. The number of aryl methyl sites for hydroxylation is 1. The van der Waals surface area contributed by atoms with Crippen molar-refractivity contribution in [3.63, 3.8) is 0 Å². The van der Waals surface area contributed by atoms with Crippen molar-refractivity contribution in [2.45, 2.75) is 71.9 Å². The van der Waals surface area contributed by atoms with Gasteiger partial charge in [0.25, 0.3) is 0 Å². The van der Waals surface area contributed by atoms with E-state index < -0.39 is 8.56 Å². The fraction of sp³-hybridized carbons (Fsp3) is 0.667. The van der Waals surface area contributed by atoms with Gasteiger partial charge in [-0.05, 0) is 49.2 Å². The van der Waals surface area contributed by atoms with E-state index in [1.165, 1.54) is 25.7 Å². The highest BCUT2D eigenvalue weighted by Gasteiger charge is 2.36. The van der Waals surface area contributed by atoms with Crippen molar-refractivity contribution in [2.75, 3.05) is 6.61 Å². The molecular formula is C18H31ClO2Si. The van der Waals surface area contributed by atoms with Crippen LogP contribution >= 0.6 is 11.6 Å². The second-order valence-electron chi connectivity index (χ2n) is 5.89. The summed E-state index contributed by atoms with van der Waals surface area (Å²) in [6.45, 7) is 9.46. The van der Waals surface area contributed by atoms with Crippen molar-refractivity contribution in [1.29, 1.82) is 0 Å². The monoisotopic (exact) mass is 342 g/mol. The summed E-state index contributed by atoms with van der Waals surface area (Å²) in [5.74, 6) is 0.922. The number of rotatable bonds is 11. The van der Waals surface area contributed by atoms with Gasteiger partial charge in [-0.25, -0.2) is 0 Å². The Balaban J connectivity index is 2.58. The number of unbranched alkanes of at least 4 members (excludes halogenated alkanes) is 4. The van der Waals surface area contributed by atoms with Crippen molar-refractivity contribution in [3.05, 3.63) is 28.8 Å². The van der Waals surface area contributed by atoms with Crippen LogP contribution in [0.1, 0.15) is 58.4 Å². The average Bonchev–Trinajstić information content (AvgIpc) is 2.52. The Hall–Kier alpha value is -0.513. The summed E-state index contributed by atoms with van der Waals surface area (Å²) in [5.41, 5.74) is 1.08. The topological polar surface area (TPSA) is 18.5 Å². The molecule has 0 atom stereocenters. The first-order valence-electron chi connectivity index (χ1n) is 8.66. The maximum absolute atomic E-state index is 6.37. The molecule has 0 unspecified atom stereocenters. The highest BCUT2D eigenvalue weighted by molar-refractivity contribution is 6.68. The van der Waals surface area contributed by atoms with Gasteiger partial charge in [0.15, 0.2) is 0 Å². The minimum absolute atomic E-state index is 0.752. The Morgan fingerprint density at radius 2 is 1.68 bits per heavy atom. The summed E-state index contributed by atoms with van der Waals surface area (Å²) in [5, 5.41) is 0.752. The normalized spacial score (nSPS) is 11.7. The van der Waals surface area contributed by atoms with Gasteiger partial charge < -0.3 is 8.85 Å². The van der Waals surface area contributed by atoms with E-state index >= 15 is 0 Å². The molecule has 126 valence electrons. The quantitative estimate of drug-likeness (QED) is 0.337. The minimum Gasteiger partial charge on any atom is -0.520 e. The molecule has 0 aliphatic carbocycles. The molecule has 4 heteroatoms. The molecule has 0 heterocycles. The number of hydrogen-bond acceptors (Lipinski definition) is 2. The standard InChI is InChI=1S/C18H31ClO2Si/c1-5-8-9-10-11-14-20-22(6-2,7-3)21-18-13-12-17(19)15-16(18)4/h12-13,15H,5-11,14H2,1-4H3. The zero-order chi connectivity index (χ0) is 16.4. The minimum atomic E-state index is -2.14. The highest BCUT2D eigenvalue weighted by Crippen LogP contribution is 2.28. The third-order valence-electron chi connectivity index (χ3n) is 4.12. The van der Waals surface area contributed by atoms with E-state index in [-0.39, 0.29) is 0 Å². The molecule has 0 aliphatic heterocycles. The number of hydrogen-bond donors (Lipinski definition) is 0. The molecule has 0 aromatic heterocycles. The van der Waals surface area contributed by atoms with Gasteiger partial charge in [0.05, 0.1) is 0 Å². The van der Waals surface area contributed by atoms with Crippen molar-refractivity contribution in [3.8, 4) is 5.75 Å². The predicted molar refractivity (Wildman–Crippen MR) is 98.2 cm³/mol. The molecule has 0 bridgehead atoms. The van der Waals surface area contributed by atoms with Crippen LogP contribution in [0.3, 0.4) is 0 Å². The Kier molecular flexibility index (Phi) is 9.14. The SMILES string of the molecule is CCCCCCCO[Si](CC)(CC)Oc1ccc(Cl)cc1C. The van der Waals surface area contributed by atoms with Gasteiger partial charge in [-0.2, -0.15) is 0 Å². The van der Waals surface area contributed by atoms with Gasteiger partial charge in [-0.15, -0.1) is 0 Å². The average molecular weight is 343 g/mol. The highest BCUT2D eigenvalue weighted by atomic mass is 35.5. The molecule has 0 saturated heterocycles. The third kappa shape index (κ3) is 6.31. The van der Waals surface area contributed by atoms with Crippen LogP contribution in [-0.4, -0.2) is 15.2 Å². The van der Waals surface area contributed by atoms with E-state index in [0.29, 0.717) is 0 Å². The zero-order valence-electron chi connectivity index (χ0n) is 14.6. The lowest BCUT2D eigenvalue weighted by atomic mass is 10.2. The van der Waals surface area contributed by atoms with Crippen LogP contribution in [-0.2, 0) is 4.43 Å². The first kappa shape index (κ1) is 19.5. The summed E-state index contributed by atoms with van der Waals surface area (Å²) in [6, 6.07) is 7.75. The van der Waals surface area contributed by atoms with Crippen LogP contribution in [0, 0.1) is 6.92 Å². The maximum Gasteiger partial charge on any atom is 0.398 e. The van der Waals surface area contributed by atoms with Crippen molar-refractivity contribution in [2.24, 2.45) is 0 Å². The molecule has 1 aromatic rings. The van der Waals surface area contributed by atoms with Gasteiger partial charge in [0.2, 0.25) is 0 Å².